The zero-order chi connectivity index (χ0) is 13.7. The van der Waals surface area contributed by atoms with Crippen LogP contribution in [0.25, 0.3) is 0 Å². The molecule has 0 radical (unpaired) electrons. The van der Waals surface area contributed by atoms with Gasteiger partial charge < -0.3 is 9.84 Å². The molecule has 0 aliphatic carbocycles. The highest BCUT2D eigenvalue weighted by molar-refractivity contribution is 4.87. The van der Waals surface area contributed by atoms with Gasteiger partial charge in [-0.1, -0.05) is 20.8 Å². The summed E-state index contributed by atoms with van der Waals surface area (Å²) in [6.45, 7) is 5.89. The highest BCUT2D eigenvalue weighted by Gasteiger charge is 2.33. The summed E-state index contributed by atoms with van der Waals surface area (Å²) in [5.74, 6) is 0.126. The van der Waals surface area contributed by atoms with Gasteiger partial charge >= 0.3 is 5.69 Å². The van der Waals surface area contributed by atoms with Crippen LogP contribution in [-0.2, 0) is 4.74 Å². The lowest BCUT2D eigenvalue weighted by Gasteiger charge is -2.17. The van der Waals surface area contributed by atoms with E-state index in [0.717, 1.165) is 0 Å². The van der Waals surface area contributed by atoms with Crippen molar-refractivity contribution in [3.63, 3.8) is 0 Å². The van der Waals surface area contributed by atoms with Gasteiger partial charge in [0.05, 0.1) is 12.7 Å². The van der Waals surface area contributed by atoms with E-state index in [9.17, 15) is 9.59 Å². The molecule has 2 rings (SSSR count). The molecule has 1 aliphatic rings. The first kappa shape index (κ1) is 14.7. The van der Waals surface area contributed by atoms with E-state index in [-0.39, 0.29) is 18.6 Å². The van der Waals surface area contributed by atoms with E-state index < -0.39 is 17.5 Å². The summed E-state index contributed by atoms with van der Waals surface area (Å²) in [6.07, 6.45) is 1.47. The predicted molar refractivity (Wildman–Crippen MR) is 67.4 cm³/mol. The van der Waals surface area contributed by atoms with Crippen LogP contribution in [-0.4, -0.2) is 27.4 Å². The first-order valence-corrected chi connectivity index (χ1v) is 6.19. The van der Waals surface area contributed by atoms with Crippen molar-refractivity contribution < 1.29 is 9.84 Å². The van der Waals surface area contributed by atoms with E-state index in [2.05, 4.69) is 4.98 Å². The average molecular weight is 256 g/mol. The maximum atomic E-state index is 11.5. The normalized spacial score (nSPS) is 26.6. The third kappa shape index (κ3) is 3.08. The topological polar surface area (TPSA) is 84.3 Å². The molecule has 1 saturated heterocycles. The summed E-state index contributed by atoms with van der Waals surface area (Å²) in [5.41, 5.74) is -0.909. The molecule has 0 amide bonds. The zero-order valence-corrected chi connectivity index (χ0v) is 10.9. The lowest BCUT2D eigenvalue weighted by Crippen LogP contribution is -2.33. The Morgan fingerprint density at radius 1 is 1.50 bits per heavy atom. The number of aromatic nitrogens is 2. The van der Waals surface area contributed by atoms with Gasteiger partial charge in [-0.15, -0.1) is 0 Å². The second-order valence-electron chi connectivity index (χ2n) is 4.06. The Morgan fingerprint density at radius 2 is 2.17 bits per heavy atom. The number of aliphatic hydroxyl groups is 1. The Morgan fingerprint density at radius 3 is 2.67 bits per heavy atom. The molecule has 6 nitrogen and oxygen atoms in total. The third-order valence-electron chi connectivity index (χ3n) is 2.78. The molecule has 0 aromatic carbocycles. The van der Waals surface area contributed by atoms with E-state index in [4.69, 9.17) is 9.84 Å². The largest absolute Gasteiger partial charge is 0.394 e. The molecule has 0 saturated carbocycles. The molecule has 0 spiro atoms. The van der Waals surface area contributed by atoms with Crippen molar-refractivity contribution in [3.05, 3.63) is 33.1 Å². The van der Waals surface area contributed by atoms with Gasteiger partial charge in [-0.2, -0.15) is 0 Å². The maximum Gasteiger partial charge on any atom is 0.330 e. The number of aromatic amines is 1. The Kier molecular flexibility index (Phi) is 5.30. The van der Waals surface area contributed by atoms with Crippen LogP contribution in [0.5, 0.6) is 0 Å². The highest BCUT2D eigenvalue weighted by atomic mass is 16.5. The van der Waals surface area contributed by atoms with E-state index in [1.54, 1.807) is 0 Å². The van der Waals surface area contributed by atoms with Gasteiger partial charge in [0.15, 0.2) is 0 Å². The van der Waals surface area contributed by atoms with Crippen LogP contribution in [0.4, 0.5) is 0 Å². The number of rotatable bonds is 2. The molecule has 0 bridgehead atoms. The molecule has 1 fully saturated rings. The van der Waals surface area contributed by atoms with E-state index in [1.807, 2.05) is 20.8 Å². The highest BCUT2D eigenvalue weighted by Crippen LogP contribution is 2.32. The third-order valence-corrected chi connectivity index (χ3v) is 2.78. The van der Waals surface area contributed by atoms with Crippen LogP contribution >= 0.6 is 0 Å². The van der Waals surface area contributed by atoms with Crippen LogP contribution in [0.3, 0.4) is 0 Å². The molecular formula is C12H20N2O4. The number of nitrogens with one attached hydrogen (secondary N) is 1. The summed E-state index contributed by atoms with van der Waals surface area (Å²) in [7, 11) is 0. The summed E-state index contributed by atoms with van der Waals surface area (Å²) < 4.78 is 6.87. The fraction of sp³-hybridized carbons (Fsp3) is 0.667. The van der Waals surface area contributed by atoms with Crippen LogP contribution in [0.2, 0.25) is 0 Å². The number of aliphatic hydroxyl groups excluding tert-OH is 1. The predicted octanol–water partition coefficient (Wildman–Crippen LogP) is 0.479. The van der Waals surface area contributed by atoms with Crippen molar-refractivity contribution in [1.29, 1.82) is 0 Å². The summed E-state index contributed by atoms with van der Waals surface area (Å²) in [4.78, 5) is 24.6. The number of nitrogens with zero attached hydrogens (tertiary/aromatic N) is 1. The lowest BCUT2D eigenvalue weighted by atomic mass is 10.1. The molecule has 6 heteroatoms. The molecular weight excluding hydrogens is 236 g/mol. The van der Waals surface area contributed by atoms with Crippen LogP contribution in [0.15, 0.2) is 21.9 Å². The summed E-state index contributed by atoms with van der Waals surface area (Å²) in [5, 5.41) is 8.99. The van der Waals surface area contributed by atoms with Crippen LogP contribution in [0.1, 0.15) is 33.4 Å². The molecule has 102 valence electrons. The smallest absolute Gasteiger partial charge is 0.330 e. The van der Waals surface area contributed by atoms with Gasteiger partial charge in [0.1, 0.15) is 6.23 Å². The minimum absolute atomic E-state index is 0.0566. The van der Waals surface area contributed by atoms with Crippen molar-refractivity contribution in [2.24, 2.45) is 5.92 Å². The standard InChI is InChI=1S/C10H14N2O4.C2H6/c1-6-4-7(5-13)16-9(6)12-3-2-8(14)11-10(12)15;1-2/h2-3,6-7,9,13H,4-5H2,1H3,(H,11,14,15);1-2H3/t6-,7-,9?;/m0./s1. The molecule has 1 unspecified atom stereocenters. The molecule has 1 aromatic heterocycles. The second-order valence-corrected chi connectivity index (χ2v) is 4.06. The van der Waals surface area contributed by atoms with Crippen molar-refractivity contribution in [3.8, 4) is 0 Å². The fourth-order valence-electron chi connectivity index (χ4n) is 2.00. The Bertz CT molecular complexity index is 479. The summed E-state index contributed by atoms with van der Waals surface area (Å²) in [6, 6.07) is 1.28. The molecule has 3 atom stereocenters. The van der Waals surface area contributed by atoms with E-state index in [0.29, 0.717) is 6.42 Å². The van der Waals surface area contributed by atoms with Crippen molar-refractivity contribution in [2.45, 2.75) is 39.5 Å². The number of hydrogen-bond donors (Lipinski definition) is 2. The SMILES string of the molecule is CC.C[C@H]1C[C@@H](CO)OC1n1ccc(=O)[nH]c1=O. The van der Waals surface area contributed by atoms with Gasteiger partial charge in [-0.3, -0.25) is 14.3 Å². The molecule has 18 heavy (non-hydrogen) atoms. The molecule has 1 aromatic rings. The van der Waals surface area contributed by atoms with E-state index >= 15 is 0 Å². The molecule has 1 aliphatic heterocycles. The zero-order valence-electron chi connectivity index (χ0n) is 10.9. The monoisotopic (exact) mass is 256 g/mol. The minimum Gasteiger partial charge on any atom is -0.394 e. The van der Waals surface area contributed by atoms with E-state index in [1.165, 1.54) is 16.8 Å². The first-order valence-electron chi connectivity index (χ1n) is 6.19. The van der Waals surface area contributed by atoms with Gasteiger partial charge in [-0.25, -0.2) is 4.79 Å². The number of hydrogen-bond acceptors (Lipinski definition) is 4. The fourth-order valence-corrected chi connectivity index (χ4v) is 2.00. The first-order chi connectivity index (χ1) is 8.61. The minimum atomic E-state index is -0.483. The van der Waals surface area contributed by atoms with Crippen molar-refractivity contribution in [1.82, 2.24) is 9.55 Å². The molecule has 2 N–H and O–H groups in total. The van der Waals surface area contributed by atoms with Gasteiger partial charge in [-0.05, 0) is 6.42 Å². The molecule has 2 heterocycles. The summed E-state index contributed by atoms with van der Waals surface area (Å²) >= 11 is 0. The van der Waals surface area contributed by atoms with Gasteiger partial charge in [0.2, 0.25) is 0 Å². The van der Waals surface area contributed by atoms with Crippen LogP contribution in [0, 0.1) is 5.92 Å². The average Bonchev–Trinajstić information content (AvgIpc) is 2.73. The van der Waals surface area contributed by atoms with Crippen molar-refractivity contribution in [2.75, 3.05) is 6.61 Å². The number of ether oxygens (including phenoxy) is 1. The maximum absolute atomic E-state index is 11.5. The van der Waals surface area contributed by atoms with Crippen molar-refractivity contribution >= 4 is 0 Å². The lowest BCUT2D eigenvalue weighted by molar-refractivity contribution is -0.0336. The Hall–Kier alpha value is -1.40. The second kappa shape index (κ2) is 6.51. The number of H-pyrrole nitrogens is 1. The van der Waals surface area contributed by atoms with Crippen LogP contribution < -0.4 is 11.2 Å². The Labute approximate surface area is 105 Å². The quantitative estimate of drug-likeness (QED) is 0.806. The Balaban J connectivity index is 0.000000771. The van der Waals surface area contributed by atoms with Gasteiger partial charge in [0, 0.05) is 18.2 Å². The van der Waals surface area contributed by atoms with Gasteiger partial charge in [0.25, 0.3) is 5.56 Å².